The van der Waals surface area contributed by atoms with E-state index in [4.69, 9.17) is 0 Å². The second-order valence-electron chi connectivity index (χ2n) is 9.30. The molecule has 188 valence electrons. The molecule has 2 aromatic rings. The average molecular weight is 497 g/mol. The molecule has 0 aromatic heterocycles. The number of hydrogen-bond acceptors (Lipinski definition) is 5. The van der Waals surface area contributed by atoms with Crippen LogP contribution in [0.1, 0.15) is 31.7 Å². The van der Waals surface area contributed by atoms with Gasteiger partial charge in [-0.1, -0.05) is 48.9 Å². The molecule has 0 radical (unpaired) electrons. The van der Waals surface area contributed by atoms with Gasteiger partial charge >= 0.3 is 0 Å². The van der Waals surface area contributed by atoms with Crippen molar-refractivity contribution in [3.8, 4) is 0 Å². The van der Waals surface area contributed by atoms with Crippen LogP contribution in [0.4, 0.5) is 5.69 Å². The third kappa shape index (κ3) is 6.79. The predicted molar refractivity (Wildman–Crippen MR) is 141 cm³/mol. The van der Waals surface area contributed by atoms with Crippen molar-refractivity contribution in [3.63, 3.8) is 0 Å². The Morgan fingerprint density at radius 2 is 1.57 bits per heavy atom. The van der Waals surface area contributed by atoms with Gasteiger partial charge in [-0.3, -0.25) is 14.6 Å². The van der Waals surface area contributed by atoms with Crippen molar-refractivity contribution in [1.29, 1.82) is 0 Å². The molecule has 0 saturated carbocycles. The predicted octanol–water partition coefficient (Wildman–Crippen LogP) is 3.52. The monoisotopic (exact) mass is 496 g/mol. The van der Waals surface area contributed by atoms with Gasteiger partial charge in [-0.15, -0.1) is 0 Å². The number of piperazine rings is 1. The van der Waals surface area contributed by atoms with Crippen LogP contribution >= 0.6 is 0 Å². The highest BCUT2D eigenvalue weighted by Gasteiger charge is 2.27. The standard InChI is InChI=1S/C27H36N4O3S/c1-23(30-21-19-29(20-22-30)16-8-11-24-9-4-2-5-10-24)27(32)28-25-12-14-26(15-13-25)35(33,34)31-17-6-3-7-18-31/h2,4-5,8-15,23H,3,6-7,16-22H2,1H3,(H,28,32). The van der Waals surface area contributed by atoms with Crippen LogP contribution in [-0.4, -0.2) is 80.3 Å². The summed E-state index contributed by atoms with van der Waals surface area (Å²) in [7, 11) is -3.47. The molecule has 0 aliphatic carbocycles. The maximum absolute atomic E-state index is 12.8. The van der Waals surface area contributed by atoms with E-state index in [1.807, 2.05) is 25.1 Å². The Bertz CT molecular complexity index is 1090. The highest BCUT2D eigenvalue weighted by molar-refractivity contribution is 7.89. The van der Waals surface area contributed by atoms with Crippen LogP contribution in [-0.2, 0) is 14.8 Å². The number of hydrogen-bond donors (Lipinski definition) is 1. The van der Waals surface area contributed by atoms with Crippen molar-refractivity contribution in [1.82, 2.24) is 14.1 Å². The van der Waals surface area contributed by atoms with E-state index in [0.29, 0.717) is 18.8 Å². The third-order valence-electron chi connectivity index (χ3n) is 6.88. The van der Waals surface area contributed by atoms with Gasteiger partial charge in [0.15, 0.2) is 0 Å². The Labute approximate surface area is 209 Å². The van der Waals surface area contributed by atoms with Gasteiger partial charge in [0.1, 0.15) is 0 Å². The molecule has 4 rings (SSSR count). The lowest BCUT2D eigenvalue weighted by Crippen LogP contribution is -2.52. The summed E-state index contributed by atoms with van der Waals surface area (Å²) < 4.78 is 27.2. The fraction of sp³-hybridized carbons (Fsp3) is 0.444. The molecule has 2 aliphatic rings. The second kappa shape index (κ2) is 11.9. The van der Waals surface area contributed by atoms with E-state index in [-0.39, 0.29) is 16.8 Å². The molecule has 2 aromatic carbocycles. The van der Waals surface area contributed by atoms with E-state index >= 15 is 0 Å². The molecule has 2 heterocycles. The highest BCUT2D eigenvalue weighted by atomic mass is 32.2. The van der Waals surface area contributed by atoms with Crippen LogP contribution in [0.5, 0.6) is 0 Å². The zero-order valence-corrected chi connectivity index (χ0v) is 21.3. The molecule has 7 nitrogen and oxygen atoms in total. The second-order valence-corrected chi connectivity index (χ2v) is 11.2. The Morgan fingerprint density at radius 3 is 2.23 bits per heavy atom. The Balaban J connectivity index is 1.24. The molecule has 2 aliphatic heterocycles. The Hall–Kier alpha value is -2.52. The van der Waals surface area contributed by atoms with Gasteiger partial charge in [0.2, 0.25) is 15.9 Å². The SMILES string of the molecule is CC(C(=O)Nc1ccc(S(=O)(=O)N2CCCCC2)cc1)N1CCN(CC=Cc2ccccc2)CC1. The van der Waals surface area contributed by atoms with Gasteiger partial charge in [0.05, 0.1) is 10.9 Å². The van der Waals surface area contributed by atoms with Crippen molar-refractivity contribution in [2.75, 3.05) is 51.1 Å². The van der Waals surface area contributed by atoms with Crippen molar-refractivity contribution >= 4 is 27.7 Å². The first-order valence-electron chi connectivity index (χ1n) is 12.5. The van der Waals surface area contributed by atoms with Crippen molar-refractivity contribution in [2.24, 2.45) is 0 Å². The zero-order valence-electron chi connectivity index (χ0n) is 20.5. The minimum Gasteiger partial charge on any atom is -0.325 e. The molecule has 2 saturated heterocycles. The Kier molecular flexibility index (Phi) is 8.73. The number of carbonyl (C=O) groups excluding carboxylic acids is 1. The first kappa shape index (κ1) is 25.6. The minimum atomic E-state index is -3.47. The Morgan fingerprint density at radius 1 is 0.914 bits per heavy atom. The zero-order chi connectivity index (χ0) is 24.7. The van der Waals surface area contributed by atoms with Crippen LogP contribution in [0, 0.1) is 0 Å². The molecule has 1 atom stereocenters. The van der Waals surface area contributed by atoms with Gasteiger partial charge in [-0.25, -0.2) is 8.42 Å². The van der Waals surface area contributed by atoms with E-state index in [0.717, 1.165) is 52.0 Å². The molecule has 35 heavy (non-hydrogen) atoms. The number of nitrogens with one attached hydrogen (secondary N) is 1. The van der Waals surface area contributed by atoms with Crippen LogP contribution in [0.25, 0.3) is 6.08 Å². The lowest BCUT2D eigenvalue weighted by molar-refractivity contribution is -0.121. The average Bonchev–Trinajstić information content (AvgIpc) is 2.90. The molecule has 2 fully saturated rings. The molecule has 1 unspecified atom stereocenters. The number of piperidine rings is 1. The summed E-state index contributed by atoms with van der Waals surface area (Å²) in [6.07, 6.45) is 7.23. The van der Waals surface area contributed by atoms with Gasteiger partial charge in [0, 0.05) is 51.5 Å². The number of sulfonamides is 1. The summed E-state index contributed by atoms with van der Waals surface area (Å²) in [6, 6.07) is 16.6. The van der Waals surface area contributed by atoms with Gasteiger partial charge in [-0.05, 0) is 49.6 Å². The molecule has 1 amide bonds. The summed E-state index contributed by atoms with van der Waals surface area (Å²) in [4.78, 5) is 17.7. The van der Waals surface area contributed by atoms with E-state index in [1.54, 1.807) is 28.6 Å². The summed E-state index contributed by atoms with van der Waals surface area (Å²) in [5, 5.41) is 2.95. The number of nitrogens with zero attached hydrogens (tertiary/aromatic N) is 3. The molecular formula is C27H36N4O3S. The van der Waals surface area contributed by atoms with Crippen molar-refractivity contribution < 1.29 is 13.2 Å². The maximum atomic E-state index is 12.8. The summed E-state index contributed by atoms with van der Waals surface area (Å²) in [5.74, 6) is -0.0749. The van der Waals surface area contributed by atoms with E-state index in [9.17, 15) is 13.2 Å². The number of rotatable bonds is 8. The quantitative estimate of drug-likeness (QED) is 0.606. The first-order valence-corrected chi connectivity index (χ1v) is 14.0. The normalized spacial score (nSPS) is 19.6. The molecule has 0 bridgehead atoms. The van der Waals surface area contributed by atoms with Gasteiger partial charge < -0.3 is 5.32 Å². The van der Waals surface area contributed by atoms with E-state index in [2.05, 4.69) is 39.4 Å². The van der Waals surface area contributed by atoms with Crippen LogP contribution in [0.15, 0.2) is 65.6 Å². The van der Waals surface area contributed by atoms with E-state index < -0.39 is 10.0 Å². The summed E-state index contributed by atoms with van der Waals surface area (Å²) in [5.41, 5.74) is 1.82. The topological polar surface area (TPSA) is 73.0 Å². The first-order chi connectivity index (χ1) is 16.9. The summed E-state index contributed by atoms with van der Waals surface area (Å²) >= 11 is 0. The molecule has 1 N–H and O–H groups in total. The third-order valence-corrected chi connectivity index (χ3v) is 8.80. The van der Waals surface area contributed by atoms with Crippen LogP contribution < -0.4 is 5.32 Å². The largest absolute Gasteiger partial charge is 0.325 e. The van der Waals surface area contributed by atoms with Crippen LogP contribution in [0.2, 0.25) is 0 Å². The van der Waals surface area contributed by atoms with Crippen molar-refractivity contribution in [2.45, 2.75) is 37.1 Å². The maximum Gasteiger partial charge on any atom is 0.243 e. The smallest absolute Gasteiger partial charge is 0.243 e. The number of benzene rings is 2. The number of carbonyl (C=O) groups is 1. The van der Waals surface area contributed by atoms with Crippen molar-refractivity contribution in [3.05, 3.63) is 66.2 Å². The lowest BCUT2D eigenvalue weighted by Gasteiger charge is -2.37. The summed E-state index contributed by atoms with van der Waals surface area (Å²) in [6.45, 7) is 7.48. The molecular weight excluding hydrogens is 460 g/mol. The molecule has 8 heteroatoms. The molecule has 0 spiro atoms. The van der Waals surface area contributed by atoms with Crippen LogP contribution in [0.3, 0.4) is 0 Å². The number of anilines is 1. The van der Waals surface area contributed by atoms with Gasteiger partial charge in [-0.2, -0.15) is 4.31 Å². The highest BCUT2D eigenvalue weighted by Crippen LogP contribution is 2.22. The van der Waals surface area contributed by atoms with Gasteiger partial charge in [0.25, 0.3) is 0 Å². The fourth-order valence-electron chi connectivity index (χ4n) is 4.61. The lowest BCUT2D eigenvalue weighted by atomic mass is 10.2. The fourth-order valence-corrected chi connectivity index (χ4v) is 6.13. The number of amides is 1. The minimum absolute atomic E-state index is 0.0749. The van der Waals surface area contributed by atoms with E-state index in [1.165, 1.54) is 5.56 Å².